The molecule has 35 heavy (non-hydrogen) atoms. The molecule has 3 aliphatic rings. The molecule has 1 atom stereocenters. The van der Waals surface area contributed by atoms with Gasteiger partial charge in [-0.2, -0.15) is 11.3 Å². The molecule has 0 radical (unpaired) electrons. The molecule has 182 valence electrons. The molecule has 8 heteroatoms. The number of hydrogen-bond acceptors (Lipinski definition) is 5. The molecule has 2 saturated heterocycles. The number of carbonyl (C=O) groups excluding carboxylic acids is 4. The molecule has 4 heterocycles. The lowest BCUT2D eigenvalue weighted by Crippen LogP contribution is -2.51. The van der Waals surface area contributed by atoms with Crippen molar-refractivity contribution in [1.29, 1.82) is 0 Å². The van der Waals surface area contributed by atoms with Crippen LogP contribution in [0.5, 0.6) is 0 Å². The van der Waals surface area contributed by atoms with Crippen LogP contribution >= 0.6 is 11.3 Å². The molecule has 1 aromatic heterocycles. The smallest absolute Gasteiger partial charge is 0.262 e. The van der Waals surface area contributed by atoms with E-state index in [9.17, 15) is 19.2 Å². The number of hydrogen-bond donors (Lipinski definition) is 0. The zero-order valence-corrected chi connectivity index (χ0v) is 20.6. The third kappa shape index (κ3) is 4.31. The summed E-state index contributed by atoms with van der Waals surface area (Å²) in [5, 5.41) is 3.99. The van der Waals surface area contributed by atoms with Crippen molar-refractivity contribution in [2.75, 3.05) is 26.2 Å². The standard InChI is InChI=1S/C27H29N3O4S/c1-2-22(30-24(32)20-5-3-4-6-21(20)25(30)33)26(34)29-15-12-27(18-29)10-13-28(14-11-27)23(31)8-7-19-9-16-35-17-19/h3-9,16-17,22H,2,10-15,18H2,1H3. The van der Waals surface area contributed by atoms with Gasteiger partial charge in [0.05, 0.1) is 11.1 Å². The van der Waals surface area contributed by atoms with Crippen LogP contribution in [0.1, 0.15) is 58.9 Å². The van der Waals surface area contributed by atoms with E-state index in [0.29, 0.717) is 43.7 Å². The van der Waals surface area contributed by atoms with Crippen molar-refractivity contribution in [3.05, 3.63) is 63.9 Å². The van der Waals surface area contributed by atoms with Crippen LogP contribution in [0.2, 0.25) is 0 Å². The summed E-state index contributed by atoms with van der Waals surface area (Å²) in [5.74, 6) is -0.909. The number of benzene rings is 1. The van der Waals surface area contributed by atoms with Gasteiger partial charge >= 0.3 is 0 Å². The molecule has 2 fully saturated rings. The van der Waals surface area contributed by atoms with Gasteiger partial charge in [0.15, 0.2) is 0 Å². The summed E-state index contributed by atoms with van der Waals surface area (Å²) < 4.78 is 0. The molecule has 1 spiro atoms. The molecule has 2 aromatic rings. The van der Waals surface area contributed by atoms with Gasteiger partial charge in [-0.05, 0) is 71.7 Å². The van der Waals surface area contributed by atoms with Crippen molar-refractivity contribution >= 4 is 41.0 Å². The number of fused-ring (bicyclic) bond motifs is 1. The first-order valence-electron chi connectivity index (χ1n) is 12.2. The lowest BCUT2D eigenvalue weighted by atomic mass is 9.77. The van der Waals surface area contributed by atoms with E-state index < -0.39 is 6.04 Å². The maximum atomic E-state index is 13.5. The minimum atomic E-state index is -0.790. The number of piperidine rings is 1. The first-order valence-corrected chi connectivity index (χ1v) is 13.1. The second kappa shape index (κ2) is 9.41. The first kappa shape index (κ1) is 23.5. The van der Waals surface area contributed by atoms with E-state index >= 15 is 0 Å². The minimum Gasteiger partial charge on any atom is -0.340 e. The van der Waals surface area contributed by atoms with Crippen molar-refractivity contribution < 1.29 is 19.2 Å². The average molecular weight is 492 g/mol. The van der Waals surface area contributed by atoms with E-state index in [1.165, 1.54) is 0 Å². The van der Waals surface area contributed by atoms with Gasteiger partial charge in [0.25, 0.3) is 11.8 Å². The van der Waals surface area contributed by atoms with Gasteiger partial charge in [0.1, 0.15) is 6.04 Å². The fourth-order valence-corrected chi connectivity index (χ4v) is 6.17. The Morgan fingerprint density at radius 1 is 1.00 bits per heavy atom. The number of thiophene rings is 1. The quantitative estimate of drug-likeness (QED) is 0.472. The highest BCUT2D eigenvalue weighted by atomic mass is 32.1. The molecule has 0 N–H and O–H groups in total. The fourth-order valence-electron chi connectivity index (χ4n) is 5.54. The van der Waals surface area contributed by atoms with Crippen LogP contribution in [0.25, 0.3) is 6.08 Å². The Labute approximate surface area is 209 Å². The second-order valence-corrected chi connectivity index (χ2v) is 10.5. The van der Waals surface area contributed by atoms with Crippen LogP contribution in [-0.4, -0.2) is 70.5 Å². The molecule has 0 saturated carbocycles. The number of nitrogens with zero attached hydrogens (tertiary/aromatic N) is 3. The SMILES string of the molecule is CCC(C(=O)N1CCC2(CCN(C(=O)C=Cc3ccsc3)CC2)C1)N1C(=O)c2ccccc2C1=O. The van der Waals surface area contributed by atoms with Crippen LogP contribution in [0.3, 0.4) is 0 Å². The Morgan fingerprint density at radius 3 is 2.20 bits per heavy atom. The molecular weight excluding hydrogens is 462 g/mol. The van der Waals surface area contributed by atoms with Crippen LogP contribution in [0.15, 0.2) is 47.2 Å². The highest BCUT2D eigenvalue weighted by molar-refractivity contribution is 7.08. The number of likely N-dealkylation sites (tertiary alicyclic amines) is 2. The van der Waals surface area contributed by atoms with Gasteiger partial charge in [0.2, 0.25) is 11.8 Å². The molecule has 3 aliphatic heterocycles. The van der Waals surface area contributed by atoms with E-state index in [-0.39, 0.29) is 29.0 Å². The fraction of sp³-hybridized carbons (Fsp3) is 0.407. The Kier molecular flexibility index (Phi) is 6.32. The Balaban J connectivity index is 1.21. The largest absolute Gasteiger partial charge is 0.340 e. The molecule has 1 unspecified atom stereocenters. The molecule has 5 rings (SSSR count). The van der Waals surface area contributed by atoms with Crippen molar-refractivity contribution in [1.82, 2.24) is 14.7 Å². The Bertz CT molecular complexity index is 1150. The summed E-state index contributed by atoms with van der Waals surface area (Å²) in [5.41, 5.74) is 1.76. The molecule has 0 bridgehead atoms. The number of imide groups is 1. The summed E-state index contributed by atoms with van der Waals surface area (Å²) >= 11 is 1.60. The third-order valence-corrected chi connectivity index (χ3v) is 8.36. The van der Waals surface area contributed by atoms with E-state index in [1.54, 1.807) is 41.7 Å². The topological polar surface area (TPSA) is 78.0 Å². The van der Waals surface area contributed by atoms with Gasteiger partial charge in [0, 0.05) is 32.3 Å². The Hall–Kier alpha value is -3.26. The number of amides is 4. The summed E-state index contributed by atoms with van der Waals surface area (Å²) in [4.78, 5) is 56.9. The van der Waals surface area contributed by atoms with Gasteiger partial charge in [-0.15, -0.1) is 0 Å². The lowest BCUT2D eigenvalue weighted by molar-refractivity contribution is -0.135. The van der Waals surface area contributed by atoms with E-state index in [2.05, 4.69) is 0 Å². The molecule has 0 aliphatic carbocycles. The molecule has 1 aromatic carbocycles. The van der Waals surface area contributed by atoms with Gasteiger partial charge in [-0.25, -0.2) is 0 Å². The van der Waals surface area contributed by atoms with Crippen molar-refractivity contribution in [2.24, 2.45) is 5.41 Å². The van der Waals surface area contributed by atoms with Crippen LogP contribution in [0.4, 0.5) is 0 Å². The predicted molar refractivity (Wildman–Crippen MR) is 134 cm³/mol. The van der Waals surface area contributed by atoms with Crippen LogP contribution in [-0.2, 0) is 9.59 Å². The zero-order valence-electron chi connectivity index (χ0n) is 19.8. The lowest BCUT2D eigenvalue weighted by Gasteiger charge is -2.39. The summed E-state index contributed by atoms with van der Waals surface area (Å²) in [6, 6.07) is 7.94. The van der Waals surface area contributed by atoms with Crippen LogP contribution in [0, 0.1) is 5.41 Å². The van der Waals surface area contributed by atoms with Gasteiger partial charge in [-0.3, -0.25) is 24.1 Å². The summed E-state index contributed by atoms with van der Waals surface area (Å²) in [6.45, 7) is 4.41. The maximum absolute atomic E-state index is 13.5. The van der Waals surface area contributed by atoms with Crippen molar-refractivity contribution in [2.45, 2.75) is 38.6 Å². The number of carbonyl (C=O) groups is 4. The molecule has 4 amide bonds. The van der Waals surface area contributed by atoms with Crippen LogP contribution < -0.4 is 0 Å². The first-order chi connectivity index (χ1) is 16.9. The van der Waals surface area contributed by atoms with Crippen molar-refractivity contribution in [3.8, 4) is 0 Å². The van der Waals surface area contributed by atoms with E-state index in [1.807, 2.05) is 39.6 Å². The van der Waals surface area contributed by atoms with E-state index in [0.717, 1.165) is 29.7 Å². The normalized spacial score (nSPS) is 20.2. The van der Waals surface area contributed by atoms with Crippen molar-refractivity contribution in [3.63, 3.8) is 0 Å². The highest BCUT2D eigenvalue weighted by Crippen LogP contribution is 2.41. The summed E-state index contributed by atoms with van der Waals surface area (Å²) in [6.07, 6.45) is 6.44. The molecular formula is C27H29N3O4S. The number of rotatable bonds is 5. The van der Waals surface area contributed by atoms with E-state index in [4.69, 9.17) is 0 Å². The van der Waals surface area contributed by atoms with Gasteiger partial charge < -0.3 is 9.80 Å². The highest BCUT2D eigenvalue weighted by Gasteiger charge is 2.47. The zero-order chi connectivity index (χ0) is 24.6. The third-order valence-electron chi connectivity index (χ3n) is 7.66. The average Bonchev–Trinajstić information content (AvgIpc) is 3.60. The van der Waals surface area contributed by atoms with Gasteiger partial charge in [-0.1, -0.05) is 19.1 Å². The second-order valence-electron chi connectivity index (χ2n) is 9.68. The molecule has 7 nitrogen and oxygen atoms in total. The Morgan fingerprint density at radius 2 is 1.63 bits per heavy atom. The monoisotopic (exact) mass is 491 g/mol. The summed E-state index contributed by atoms with van der Waals surface area (Å²) in [7, 11) is 0. The maximum Gasteiger partial charge on any atom is 0.262 e. The minimum absolute atomic E-state index is 0.0101. The predicted octanol–water partition coefficient (Wildman–Crippen LogP) is 3.68.